The van der Waals surface area contributed by atoms with E-state index < -0.39 is 0 Å². The van der Waals surface area contributed by atoms with E-state index in [0.717, 1.165) is 5.69 Å². The lowest BCUT2D eigenvalue weighted by atomic mass is 10.1. The molecule has 0 radical (unpaired) electrons. The summed E-state index contributed by atoms with van der Waals surface area (Å²) in [5.41, 5.74) is 4.04. The number of hydrogen-bond donors (Lipinski definition) is 2. The number of pyridine rings is 1. The molecule has 0 bridgehead atoms. The predicted octanol–water partition coefficient (Wildman–Crippen LogP) is 5.56. The molecule has 0 saturated carbocycles. The molecule has 1 amide bonds. The van der Waals surface area contributed by atoms with Crippen molar-refractivity contribution in [2.24, 2.45) is 0 Å². The van der Waals surface area contributed by atoms with Gasteiger partial charge in [0.05, 0.1) is 22.0 Å². The molecule has 0 atom stereocenters. The summed E-state index contributed by atoms with van der Waals surface area (Å²) >= 11 is 12.0. The molecular weight excluding hydrogens is 369 g/mol. The van der Waals surface area contributed by atoms with Gasteiger partial charge < -0.3 is 10.6 Å². The van der Waals surface area contributed by atoms with Gasteiger partial charge in [0.2, 0.25) is 0 Å². The first-order valence-corrected chi connectivity index (χ1v) is 8.78. The number of hydrogen-bond acceptors (Lipinski definition) is 3. The Kier molecular flexibility index (Phi) is 5.76. The number of carbonyl (C=O) groups excluding carboxylic acids is 1. The SMILES string of the molecule is Cc1ccccc1CNc1cncc(C(=O)Nc2cc(Cl)ccc2Cl)c1. The highest BCUT2D eigenvalue weighted by Crippen LogP contribution is 2.26. The Morgan fingerprint density at radius 1 is 1.08 bits per heavy atom. The molecule has 0 fully saturated rings. The molecule has 0 unspecified atom stereocenters. The van der Waals surface area contributed by atoms with Crippen molar-refractivity contribution < 1.29 is 4.79 Å². The second-order valence-electron chi connectivity index (χ2n) is 5.82. The average Bonchev–Trinajstić information content (AvgIpc) is 2.64. The zero-order chi connectivity index (χ0) is 18.5. The molecule has 1 aromatic heterocycles. The van der Waals surface area contributed by atoms with Crippen molar-refractivity contribution >= 4 is 40.5 Å². The number of carbonyl (C=O) groups is 1. The van der Waals surface area contributed by atoms with E-state index in [1.54, 1.807) is 30.5 Å². The van der Waals surface area contributed by atoms with Crippen molar-refractivity contribution in [3.63, 3.8) is 0 Å². The Hall–Kier alpha value is -2.56. The highest BCUT2D eigenvalue weighted by Gasteiger charge is 2.10. The quantitative estimate of drug-likeness (QED) is 0.604. The smallest absolute Gasteiger partial charge is 0.257 e. The standard InChI is InChI=1S/C20H17Cl2N3O/c1-13-4-2-3-5-14(13)11-24-17-8-15(10-23-12-17)20(26)25-19-9-16(21)6-7-18(19)22/h2-10,12,24H,11H2,1H3,(H,25,26). The maximum absolute atomic E-state index is 12.5. The fourth-order valence-electron chi connectivity index (χ4n) is 2.45. The molecule has 4 nitrogen and oxygen atoms in total. The van der Waals surface area contributed by atoms with Gasteiger partial charge in [0.25, 0.3) is 5.91 Å². The highest BCUT2D eigenvalue weighted by atomic mass is 35.5. The van der Waals surface area contributed by atoms with Crippen molar-refractivity contribution in [3.05, 3.63) is 87.7 Å². The number of nitrogens with zero attached hydrogens (tertiary/aromatic N) is 1. The van der Waals surface area contributed by atoms with Crippen LogP contribution in [0.4, 0.5) is 11.4 Å². The molecular formula is C20H17Cl2N3O. The Labute approximate surface area is 162 Å². The van der Waals surface area contributed by atoms with Crippen molar-refractivity contribution in [1.82, 2.24) is 4.98 Å². The zero-order valence-corrected chi connectivity index (χ0v) is 15.6. The molecule has 0 spiro atoms. The lowest BCUT2D eigenvalue weighted by Gasteiger charge is -2.11. The van der Waals surface area contributed by atoms with Gasteiger partial charge in [0.15, 0.2) is 0 Å². The van der Waals surface area contributed by atoms with Crippen LogP contribution in [0.5, 0.6) is 0 Å². The molecule has 6 heteroatoms. The van der Waals surface area contributed by atoms with Gasteiger partial charge in [0.1, 0.15) is 0 Å². The molecule has 26 heavy (non-hydrogen) atoms. The second kappa shape index (κ2) is 8.21. The minimum absolute atomic E-state index is 0.304. The van der Waals surface area contributed by atoms with Gasteiger partial charge in [-0.15, -0.1) is 0 Å². The summed E-state index contributed by atoms with van der Waals surface area (Å²) in [6.45, 7) is 2.72. The maximum Gasteiger partial charge on any atom is 0.257 e. The van der Waals surface area contributed by atoms with Crippen LogP contribution in [0, 0.1) is 6.92 Å². The largest absolute Gasteiger partial charge is 0.380 e. The minimum Gasteiger partial charge on any atom is -0.380 e. The van der Waals surface area contributed by atoms with E-state index in [-0.39, 0.29) is 5.91 Å². The van der Waals surface area contributed by atoms with E-state index in [1.165, 1.54) is 17.3 Å². The van der Waals surface area contributed by atoms with Crippen LogP contribution in [0.3, 0.4) is 0 Å². The molecule has 2 N–H and O–H groups in total. The first-order valence-electron chi connectivity index (χ1n) is 8.03. The van der Waals surface area contributed by atoms with E-state index in [4.69, 9.17) is 23.2 Å². The Morgan fingerprint density at radius 2 is 1.88 bits per heavy atom. The fourth-order valence-corrected chi connectivity index (χ4v) is 2.79. The third-order valence-corrected chi connectivity index (χ3v) is 4.49. The Balaban J connectivity index is 1.71. The normalized spacial score (nSPS) is 10.4. The van der Waals surface area contributed by atoms with Gasteiger partial charge in [-0.05, 0) is 42.3 Å². The zero-order valence-electron chi connectivity index (χ0n) is 14.1. The van der Waals surface area contributed by atoms with Crippen LogP contribution in [0.25, 0.3) is 0 Å². The van der Waals surface area contributed by atoms with Crippen LogP contribution in [-0.2, 0) is 6.54 Å². The van der Waals surface area contributed by atoms with Crippen LogP contribution in [0.1, 0.15) is 21.5 Å². The van der Waals surface area contributed by atoms with Crippen LogP contribution < -0.4 is 10.6 Å². The van der Waals surface area contributed by atoms with E-state index in [1.807, 2.05) is 12.1 Å². The van der Waals surface area contributed by atoms with Crippen LogP contribution in [0.15, 0.2) is 60.9 Å². The van der Waals surface area contributed by atoms with Gasteiger partial charge >= 0.3 is 0 Å². The number of anilines is 2. The average molecular weight is 386 g/mol. The Morgan fingerprint density at radius 3 is 2.69 bits per heavy atom. The summed E-state index contributed by atoms with van der Waals surface area (Å²) in [4.78, 5) is 16.6. The summed E-state index contributed by atoms with van der Waals surface area (Å²) in [5.74, 6) is -0.304. The van der Waals surface area contributed by atoms with Crippen molar-refractivity contribution in [3.8, 4) is 0 Å². The predicted molar refractivity (Wildman–Crippen MR) is 107 cm³/mol. The number of aromatic nitrogens is 1. The fraction of sp³-hybridized carbons (Fsp3) is 0.100. The summed E-state index contributed by atoms with van der Waals surface area (Å²) in [6, 6.07) is 14.8. The van der Waals surface area contributed by atoms with Crippen LogP contribution in [0.2, 0.25) is 10.0 Å². The van der Waals surface area contributed by atoms with Crippen LogP contribution in [-0.4, -0.2) is 10.9 Å². The van der Waals surface area contributed by atoms with E-state index in [0.29, 0.717) is 27.8 Å². The number of amides is 1. The molecule has 3 rings (SSSR count). The lowest BCUT2D eigenvalue weighted by Crippen LogP contribution is -2.13. The van der Waals surface area contributed by atoms with Gasteiger partial charge in [-0.25, -0.2) is 0 Å². The molecule has 0 aliphatic heterocycles. The van der Waals surface area contributed by atoms with E-state index in [2.05, 4.69) is 34.7 Å². The van der Waals surface area contributed by atoms with Crippen LogP contribution >= 0.6 is 23.2 Å². The van der Waals surface area contributed by atoms with Gasteiger partial charge in [-0.1, -0.05) is 47.5 Å². The molecule has 0 aliphatic carbocycles. The summed E-state index contributed by atoms with van der Waals surface area (Å²) in [6.07, 6.45) is 3.19. The molecule has 1 heterocycles. The van der Waals surface area contributed by atoms with Crippen molar-refractivity contribution in [2.45, 2.75) is 13.5 Å². The summed E-state index contributed by atoms with van der Waals surface area (Å²) in [5, 5.41) is 6.96. The van der Waals surface area contributed by atoms with E-state index in [9.17, 15) is 4.79 Å². The second-order valence-corrected chi connectivity index (χ2v) is 6.66. The van der Waals surface area contributed by atoms with E-state index >= 15 is 0 Å². The molecule has 132 valence electrons. The topological polar surface area (TPSA) is 54.0 Å². The van der Waals surface area contributed by atoms with Crippen molar-refractivity contribution in [2.75, 3.05) is 10.6 Å². The molecule has 0 saturated heterocycles. The summed E-state index contributed by atoms with van der Waals surface area (Å²) in [7, 11) is 0. The molecule has 3 aromatic rings. The van der Waals surface area contributed by atoms with Gasteiger partial charge in [-0.2, -0.15) is 0 Å². The third kappa shape index (κ3) is 4.54. The molecule has 2 aromatic carbocycles. The maximum atomic E-state index is 12.5. The first kappa shape index (κ1) is 18.2. The number of aryl methyl sites for hydroxylation is 1. The first-order chi connectivity index (χ1) is 12.5. The Bertz CT molecular complexity index is 944. The summed E-state index contributed by atoms with van der Waals surface area (Å²) < 4.78 is 0. The monoisotopic (exact) mass is 385 g/mol. The van der Waals surface area contributed by atoms with Crippen molar-refractivity contribution in [1.29, 1.82) is 0 Å². The number of rotatable bonds is 5. The minimum atomic E-state index is -0.304. The third-order valence-electron chi connectivity index (χ3n) is 3.92. The van der Waals surface area contributed by atoms with Gasteiger partial charge in [-0.3, -0.25) is 9.78 Å². The number of benzene rings is 2. The number of halogens is 2. The van der Waals surface area contributed by atoms with Gasteiger partial charge in [0, 0.05) is 24.0 Å². The molecule has 0 aliphatic rings. The lowest BCUT2D eigenvalue weighted by molar-refractivity contribution is 0.102. The highest BCUT2D eigenvalue weighted by molar-refractivity contribution is 6.35. The number of nitrogens with one attached hydrogen (secondary N) is 2.